The van der Waals surface area contributed by atoms with Gasteiger partial charge in [0.05, 0.1) is 18.8 Å². The van der Waals surface area contributed by atoms with Crippen LogP contribution in [0.5, 0.6) is 0 Å². The van der Waals surface area contributed by atoms with Crippen molar-refractivity contribution in [1.29, 1.82) is 0 Å². The fraction of sp³-hybridized carbons (Fsp3) is 0.710. The molecule has 0 bridgehead atoms. The van der Waals surface area contributed by atoms with Gasteiger partial charge in [0.1, 0.15) is 30.5 Å². The second-order valence-electron chi connectivity index (χ2n) is 11.4. The first-order valence-corrected chi connectivity index (χ1v) is 14.9. The number of benzene rings is 1. The lowest BCUT2D eigenvalue weighted by atomic mass is 9.84. The highest BCUT2D eigenvalue weighted by atomic mass is 16.8. The second kappa shape index (κ2) is 14.4. The molecule has 3 heterocycles. The van der Waals surface area contributed by atoms with E-state index in [2.05, 4.69) is 0 Å². The van der Waals surface area contributed by atoms with E-state index >= 15 is 0 Å². The third-order valence-corrected chi connectivity index (χ3v) is 8.39. The van der Waals surface area contributed by atoms with E-state index in [0.717, 1.165) is 5.56 Å². The van der Waals surface area contributed by atoms with E-state index in [1.54, 1.807) is 0 Å². The Morgan fingerprint density at radius 3 is 2.37 bits per heavy atom. The molecule has 3 aliphatic heterocycles. The molecule has 1 N–H and O–H groups in total. The highest BCUT2D eigenvalue weighted by Gasteiger charge is 2.66. The van der Waals surface area contributed by atoms with Crippen LogP contribution in [0.25, 0.3) is 0 Å². The number of fused-ring (bicyclic) bond motifs is 2. The first-order chi connectivity index (χ1) is 20.5. The number of aliphatic hydroxyl groups is 1. The zero-order chi connectivity index (χ0) is 31.2. The van der Waals surface area contributed by atoms with Gasteiger partial charge in [-0.05, 0) is 24.8 Å². The molecule has 1 aromatic carbocycles. The predicted molar refractivity (Wildman–Crippen MR) is 149 cm³/mol. The number of methoxy groups -OCH3 is 1. The summed E-state index contributed by atoms with van der Waals surface area (Å²) in [4.78, 5) is 36.4. The van der Waals surface area contributed by atoms with Crippen LogP contribution in [-0.2, 0) is 58.9 Å². The Morgan fingerprint density at radius 2 is 1.77 bits per heavy atom. The number of rotatable bonds is 13. The lowest BCUT2D eigenvalue weighted by Crippen LogP contribution is -2.69. The molecule has 12 nitrogen and oxygen atoms in total. The standard InChI is InChI=1S/C31H44O12/c1-6-30(42-21(4)35,18-38-19(2)33)16-24-25(37-17-22-10-8-7-9-11-22)27-26(41-24)28(39-20(3)34)29-31(36-5,43-27)14-12-23(40-29)13-15-32/h7-11,23-29,32H,6,12-18H2,1-5H3/t23-,24-,25+,26-,27+,28+,29-,30?,31?/m1/s1. The summed E-state index contributed by atoms with van der Waals surface area (Å²) >= 11 is 0. The van der Waals surface area contributed by atoms with Crippen LogP contribution < -0.4 is 0 Å². The number of ether oxygens (including phenoxy) is 8. The van der Waals surface area contributed by atoms with Crippen molar-refractivity contribution in [1.82, 2.24) is 0 Å². The van der Waals surface area contributed by atoms with Crippen LogP contribution in [-0.4, -0.2) is 97.5 Å². The van der Waals surface area contributed by atoms with Crippen molar-refractivity contribution >= 4 is 17.9 Å². The summed E-state index contributed by atoms with van der Waals surface area (Å²) in [6, 6.07) is 9.60. The van der Waals surface area contributed by atoms with E-state index in [-0.39, 0.29) is 32.3 Å². The number of carbonyl (C=O) groups excluding carboxylic acids is 3. The largest absolute Gasteiger partial charge is 0.462 e. The van der Waals surface area contributed by atoms with Crippen molar-refractivity contribution in [3.05, 3.63) is 35.9 Å². The summed E-state index contributed by atoms with van der Waals surface area (Å²) in [5.74, 6) is -2.85. The molecule has 3 aliphatic rings. The molecule has 0 saturated carbocycles. The summed E-state index contributed by atoms with van der Waals surface area (Å²) in [7, 11) is 1.52. The van der Waals surface area contributed by atoms with E-state index in [9.17, 15) is 19.5 Å². The molecule has 3 saturated heterocycles. The highest BCUT2D eigenvalue weighted by molar-refractivity contribution is 5.67. The number of esters is 3. The maximum atomic E-state index is 12.4. The van der Waals surface area contributed by atoms with Crippen LogP contribution in [0.1, 0.15) is 65.4 Å². The van der Waals surface area contributed by atoms with Gasteiger partial charge in [-0.25, -0.2) is 0 Å². The topological polar surface area (TPSA) is 145 Å². The van der Waals surface area contributed by atoms with Gasteiger partial charge in [-0.2, -0.15) is 0 Å². The zero-order valence-electron chi connectivity index (χ0n) is 25.5. The Labute approximate surface area is 252 Å². The molecule has 0 aromatic heterocycles. The monoisotopic (exact) mass is 608 g/mol. The summed E-state index contributed by atoms with van der Waals surface area (Å²) in [5, 5.41) is 9.56. The summed E-state index contributed by atoms with van der Waals surface area (Å²) in [5.41, 5.74) is -0.291. The fourth-order valence-corrected chi connectivity index (χ4v) is 6.32. The average molecular weight is 609 g/mol. The van der Waals surface area contributed by atoms with E-state index in [0.29, 0.717) is 25.7 Å². The number of aliphatic hydroxyl groups excluding tert-OH is 1. The minimum Gasteiger partial charge on any atom is -0.462 e. The molecule has 4 rings (SSSR count). The van der Waals surface area contributed by atoms with Gasteiger partial charge in [0.2, 0.25) is 0 Å². The Kier molecular flexibility index (Phi) is 11.2. The summed E-state index contributed by atoms with van der Waals surface area (Å²) in [6.45, 7) is 5.71. The lowest BCUT2D eigenvalue weighted by molar-refractivity contribution is -0.383. The molecule has 2 unspecified atom stereocenters. The third-order valence-electron chi connectivity index (χ3n) is 8.39. The minimum atomic E-state index is -1.27. The number of hydrogen-bond acceptors (Lipinski definition) is 12. The van der Waals surface area contributed by atoms with Crippen LogP contribution in [0.15, 0.2) is 30.3 Å². The van der Waals surface area contributed by atoms with Crippen molar-refractivity contribution in [2.45, 2.75) is 121 Å². The van der Waals surface area contributed by atoms with Gasteiger partial charge in [-0.3, -0.25) is 14.4 Å². The smallest absolute Gasteiger partial charge is 0.303 e. The fourth-order valence-electron chi connectivity index (χ4n) is 6.32. The van der Waals surface area contributed by atoms with Gasteiger partial charge >= 0.3 is 17.9 Å². The van der Waals surface area contributed by atoms with Crippen molar-refractivity contribution in [2.75, 3.05) is 20.3 Å². The molecule has 0 spiro atoms. The normalized spacial score (nSPS) is 33.0. The average Bonchev–Trinajstić information content (AvgIpc) is 3.31. The van der Waals surface area contributed by atoms with Crippen molar-refractivity contribution in [2.24, 2.45) is 0 Å². The lowest BCUT2D eigenvalue weighted by Gasteiger charge is -2.53. The van der Waals surface area contributed by atoms with E-state index in [4.69, 9.17) is 37.9 Å². The molecule has 12 heteroatoms. The van der Waals surface area contributed by atoms with Crippen LogP contribution in [0.2, 0.25) is 0 Å². The summed E-state index contributed by atoms with van der Waals surface area (Å²) in [6.07, 6.45) is -3.26. The molecule has 240 valence electrons. The molecule has 0 radical (unpaired) electrons. The van der Waals surface area contributed by atoms with Crippen molar-refractivity contribution < 1.29 is 57.4 Å². The van der Waals surface area contributed by atoms with Crippen LogP contribution in [0.3, 0.4) is 0 Å². The Morgan fingerprint density at radius 1 is 1.02 bits per heavy atom. The zero-order valence-corrected chi connectivity index (χ0v) is 25.5. The molecular weight excluding hydrogens is 564 g/mol. The molecule has 0 amide bonds. The molecule has 43 heavy (non-hydrogen) atoms. The van der Waals surface area contributed by atoms with Gasteiger partial charge in [0.15, 0.2) is 18.0 Å². The van der Waals surface area contributed by atoms with E-state index in [1.165, 1.54) is 27.9 Å². The first-order valence-electron chi connectivity index (χ1n) is 14.9. The predicted octanol–water partition coefficient (Wildman–Crippen LogP) is 2.61. The van der Waals surface area contributed by atoms with Gasteiger partial charge in [0.25, 0.3) is 0 Å². The summed E-state index contributed by atoms with van der Waals surface area (Å²) < 4.78 is 49.1. The molecule has 0 aliphatic carbocycles. The van der Waals surface area contributed by atoms with Gasteiger partial charge in [-0.15, -0.1) is 0 Å². The van der Waals surface area contributed by atoms with Gasteiger partial charge in [0, 0.05) is 47.3 Å². The second-order valence-corrected chi connectivity index (χ2v) is 11.4. The van der Waals surface area contributed by atoms with Crippen molar-refractivity contribution in [3.8, 4) is 0 Å². The van der Waals surface area contributed by atoms with Gasteiger partial charge in [-0.1, -0.05) is 37.3 Å². The SMILES string of the molecule is CCC(COC(C)=O)(C[C@H]1O[C@@H]2[C@@H](OC3(OC)CC[C@H](CCO)O[C@@H]3[C@H]2OC(C)=O)[C@H]1OCc1ccccc1)OC(C)=O. The van der Waals surface area contributed by atoms with E-state index in [1.807, 2.05) is 37.3 Å². The third kappa shape index (κ3) is 7.73. The van der Waals surface area contributed by atoms with Crippen LogP contribution in [0, 0.1) is 0 Å². The maximum Gasteiger partial charge on any atom is 0.303 e. The first kappa shape index (κ1) is 33.3. The minimum absolute atomic E-state index is 0.0614. The van der Waals surface area contributed by atoms with Crippen LogP contribution in [0.4, 0.5) is 0 Å². The van der Waals surface area contributed by atoms with E-state index < -0.39 is 65.9 Å². The Hall–Kier alpha value is -2.61. The van der Waals surface area contributed by atoms with Crippen LogP contribution >= 0.6 is 0 Å². The maximum absolute atomic E-state index is 12.4. The van der Waals surface area contributed by atoms with Crippen molar-refractivity contribution in [3.63, 3.8) is 0 Å². The Balaban J connectivity index is 1.72. The molecule has 9 atom stereocenters. The van der Waals surface area contributed by atoms with Gasteiger partial charge < -0.3 is 43.0 Å². The Bertz CT molecular complexity index is 1100. The molecule has 3 fully saturated rings. The quantitative estimate of drug-likeness (QED) is 0.260. The highest BCUT2D eigenvalue weighted by Crippen LogP contribution is 2.48. The number of hydrogen-bond donors (Lipinski definition) is 1. The molecular formula is C31H44O12. The molecule has 1 aromatic rings. The number of carbonyl (C=O) groups is 3.